The first-order valence-corrected chi connectivity index (χ1v) is 7.90. The van der Waals surface area contributed by atoms with Crippen LogP contribution in [0.25, 0.3) is 0 Å². The van der Waals surface area contributed by atoms with Crippen LogP contribution in [-0.2, 0) is 6.54 Å². The highest BCUT2D eigenvalue weighted by Crippen LogP contribution is 2.38. The molecule has 4 rings (SSSR count). The quantitative estimate of drug-likeness (QED) is 0.841. The molecule has 1 aliphatic carbocycles. The van der Waals surface area contributed by atoms with Gasteiger partial charge in [0, 0.05) is 31.1 Å². The van der Waals surface area contributed by atoms with Gasteiger partial charge in [0.15, 0.2) is 11.6 Å². The number of rotatable bonds is 5. The van der Waals surface area contributed by atoms with Gasteiger partial charge in [-0.2, -0.15) is 5.10 Å². The number of hydrogen-bond donors (Lipinski definition) is 0. The highest BCUT2D eigenvalue weighted by Gasteiger charge is 2.32. The zero-order valence-electron chi connectivity index (χ0n) is 13.1. The molecular formula is C16H21N5O. The van der Waals surface area contributed by atoms with Crippen LogP contribution in [0.4, 0.5) is 5.82 Å². The second-order valence-corrected chi connectivity index (χ2v) is 6.50. The highest BCUT2D eigenvalue weighted by molar-refractivity contribution is 5.42. The minimum Gasteiger partial charge on any atom is -0.360 e. The van der Waals surface area contributed by atoms with E-state index >= 15 is 0 Å². The standard InChI is InChI=1S/C16H21N5O/c1-11-7-14(22-19-11)10-20(2)13-8-21(9-13)16-6-5-15(17-18-16)12-3-4-12/h5-7,12-13H,3-4,8-10H2,1-2H3. The summed E-state index contributed by atoms with van der Waals surface area (Å²) in [5.41, 5.74) is 2.09. The molecule has 2 aromatic heterocycles. The molecule has 2 aromatic rings. The third kappa shape index (κ3) is 2.70. The maximum absolute atomic E-state index is 5.28. The predicted molar refractivity (Wildman–Crippen MR) is 82.7 cm³/mol. The van der Waals surface area contributed by atoms with E-state index in [1.165, 1.54) is 12.8 Å². The Balaban J connectivity index is 1.31. The fourth-order valence-electron chi connectivity index (χ4n) is 2.89. The summed E-state index contributed by atoms with van der Waals surface area (Å²) in [6.45, 7) is 4.72. The van der Waals surface area contributed by atoms with Crippen LogP contribution < -0.4 is 4.90 Å². The average Bonchev–Trinajstić information content (AvgIpc) is 3.22. The van der Waals surface area contributed by atoms with Crippen molar-refractivity contribution in [3.05, 3.63) is 35.3 Å². The van der Waals surface area contributed by atoms with Gasteiger partial charge in [0.05, 0.1) is 17.9 Å². The van der Waals surface area contributed by atoms with E-state index in [1.807, 2.05) is 13.0 Å². The van der Waals surface area contributed by atoms with Crippen LogP contribution in [0.3, 0.4) is 0 Å². The lowest BCUT2D eigenvalue weighted by molar-refractivity contribution is 0.177. The van der Waals surface area contributed by atoms with E-state index in [4.69, 9.17) is 4.52 Å². The van der Waals surface area contributed by atoms with Gasteiger partial charge in [-0.1, -0.05) is 5.16 Å². The molecule has 22 heavy (non-hydrogen) atoms. The lowest BCUT2D eigenvalue weighted by Crippen LogP contribution is -2.58. The maximum atomic E-state index is 5.28. The van der Waals surface area contributed by atoms with E-state index in [1.54, 1.807) is 0 Å². The summed E-state index contributed by atoms with van der Waals surface area (Å²) in [6.07, 6.45) is 2.54. The van der Waals surface area contributed by atoms with Gasteiger partial charge in [-0.15, -0.1) is 5.10 Å². The Bertz CT molecular complexity index is 643. The largest absolute Gasteiger partial charge is 0.360 e. The van der Waals surface area contributed by atoms with E-state index < -0.39 is 0 Å². The molecule has 3 heterocycles. The number of aryl methyl sites for hydroxylation is 1. The van der Waals surface area contributed by atoms with E-state index in [2.05, 4.69) is 44.3 Å². The smallest absolute Gasteiger partial charge is 0.151 e. The monoisotopic (exact) mass is 299 g/mol. The van der Waals surface area contributed by atoms with Crippen LogP contribution in [0.2, 0.25) is 0 Å². The van der Waals surface area contributed by atoms with Crippen molar-refractivity contribution in [1.29, 1.82) is 0 Å². The fraction of sp³-hybridized carbons (Fsp3) is 0.562. The van der Waals surface area contributed by atoms with Crippen molar-refractivity contribution in [3.63, 3.8) is 0 Å². The summed E-state index contributed by atoms with van der Waals surface area (Å²) in [7, 11) is 2.13. The topological polar surface area (TPSA) is 58.3 Å². The molecule has 0 atom stereocenters. The van der Waals surface area contributed by atoms with Crippen molar-refractivity contribution in [1.82, 2.24) is 20.3 Å². The molecule has 0 radical (unpaired) electrons. The van der Waals surface area contributed by atoms with E-state index in [9.17, 15) is 0 Å². The summed E-state index contributed by atoms with van der Waals surface area (Å²) in [4.78, 5) is 4.58. The first-order chi connectivity index (χ1) is 10.7. The molecule has 2 aliphatic rings. The Morgan fingerprint density at radius 2 is 2.09 bits per heavy atom. The van der Waals surface area contributed by atoms with E-state index in [-0.39, 0.29) is 0 Å². The Morgan fingerprint density at radius 3 is 2.68 bits per heavy atom. The summed E-state index contributed by atoms with van der Waals surface area (Å²) in [5, 5.41) is 12.7. The molecule has 6 nitrogen and oxygen atoms in total. The minimum absolute atomic E-state index is 0.523. The number of hydrogen-bond acceptors (Lipinski definition) is 6. The van der Waals surface area contributed by atoms with Gasteiger partial charge in [-0.05, 0) is 38.9 Å². The van der Waals surface area contributed by atoms with Gasteiger partial charge in [0.1, 0.15) is 0 Å². The van der Waals surface area contributed by atoms with Crippen molar-refractivity contribution in [2.75, 3.05) is 25.0 Å². The summed E-state index contributed by atoms with van der Waals surface area (Å²) < 4.78 is 5.28. The molecule has 6 heteroatoms. The Morgan fingerprint density at radius 1 is 1.27 bits per heavy atom. The van der Waals surface area contributed by atoms with Gasteiger partial charge in [0.25, 0.3) is 0 Å². The fourth-order valence-corrected chi connectivity index (χ4v) is 2.89. The van der Waals surface area contributed by atoms with Gasteiger partial charge in [0.2, 0.25) is 0 Å². The molecule has 1 saturated carbocycles. The van der Waals surface area contributed by atoms with Crippen molar-refractivity contribution < 1.29 is 4.52 Å². The van der Waals surface area contributed by atoms with Gasteiger partial charge in [-0.3, -0.25) is 4.90 Å². The molecule has 2 fully saturated rings. The number of nitrogens with zero attached hydrogens (tertiary/aromatic N) is 5. The second-order valence-electron chi connectivity index (χ2n) is 6.50. The summed E-state index contributed by atoms with van der Waals surface area (Å²) >= 11 is 0. The first-order valence-electron chi connectivity index (χ1n) is 7.90. The van der Waals surface area contributed by atoms with Crippen molar-refractivity contribution in [2.24, 2.45) is 0 Å². The lowest BCUT2D eigenvalue weighted by Gasteiger charge is -2.44. The normalized spacial score (nSPS) is 18.8. The Hall–Kier alpha value is -1.95. The van der Waals surface area contributed by atoms with Crippen molar-refractivity contribution in [3.8, 4) is 0 Å². The zero-order chi connectivity index (χ0) is 15.1. The summed E-state index contributed by atoms with van der Waals surface area (Å²) in [6, 6.07) is 6.76. The zero-order valence-corrected chi connectivity index (χ0v) is 13.1. The number of anilines is 1. The van der Waals surface area contributed by atoms with Crippen LogP contribution in [0.1, 0.15) is 35.9 Å². The second kappa shape index (κ2) is 5.35. The van der Waals surface area contributed by atoms with E-state index in [0.29, 0.717) is 12.0 Å². The molecule has 1 aliphatic heterocycles. The highest BCUT2D eigenvalue weighted by atomic mass is 16.5. The molecule has 0 N–H and O–H groups in total. The van der Waals surface area contributed by atoms with Crippen LogP contribution in [-0.4, -0.2) is 46.4 Å². The van der Waals surface area contributed by atoms with Gasteiger partial charge < -0.3 is 9.42 Å². The van der Waals surface area contributed by atoms with Crippen LogP contribution in [0.5, 0.6) is 0 Å². The molecule has 1 saturated heterocycles. The molecule has 0 unspecified atom stereocenters. The lowest BCUT2D eigenvalue weighted by atomic mass is 10.1. The van der Waals surface area contributed by atoms with Crippen LogP contribution in [0, 0.1) is 6.92 Å². The van der Waals surface area contributed by atoms with E-state index in [0.717, 1.165) is 42.6 Å². The minimum atomic E-state index is 0.523. The summed E-state index contributed by atoms with van der Waals surface area (Å²) in [5.74, 6) is 2.58. The molecule has 0 bridgehead atoms. The Labute approximate surface area is 130 Å². The SMILES string of the molecule is Cc1cc(CN(C)C2CN(c3ccc(C4CC4)nn3)C2)on1. The number of aromatic nitrogens is 3. The van der Waals surface area contributed by atoms with Crippen LogP contribution in [0.15, 0.2) is 22.7 Å². The van der Waals surface area contributed by atoms with Crippen molar-refractivity contribution in [2.45, 2.75) is 38.3 Å². The molecule has 0 spiro atoms. The molecule has 0 amide bonds. The maximum Gasteiger partial charge on any atom is 0.151 e. The third-order valence-corrected chi connectivity index (χ3v) is 4.56. The first kappa shape index (κ1) is 13.7. The molecule has 0 aromatic carbocycles. The van der Waals surface area contributed by atoms with Gasteiger partial charge >= 0.3 is 0 Å². The molecular weight excluding hydrogens is 278 g/mol. The Kier molecular flexibility index (Phi) is 3.33. The van der Waals surface area contributed by atoms with Crippen molar-refractivity contribution >= 4 is 5.82 Å². The predicted octanol–water partition coefficient (Wildman–Crippen LogP) is 1.97. The van der Waals surface area contributed by atoms with Gasteiger partial charge in [-0.25, -0.2) is 0 Å². The molecule has 116 valence electrons. The average molecular weight is 299 g/mol. The third-order valence-electron chi connectivity index (χ3n) is 4.56. The number of likely N-dealkylation sites (N-methyl/N-ethyl adjacent to an activating group) is 1. The van der Waals surface area contributed by atoms with Crippen LogP contribution >= 0.6 is 0 Å².